The summed E-state index contributed by atoms with van der Waals surface area (Å²) in [5.41, 5.74) is 2.03. The van der Waals surface area contributed by atoms with Crippen LogP contribution in [0.3, 0.4) is 0 Å². The van der Waals surface area contributed by atoms with E-state index in [9.17, 15) is 0 Å². The van der Waals surface area contributed by atoms with Gasteiger partial charge in [-0.05, 0) is 56.9 Å². The summed E-state index contributed by atoms with van der Waals surface area (Å²) in [6.45, 7) is 4.01. The molecule has 1 aromatic carbocycles. The van der Waals surface area contributed by atoms with Gasteiger partial charge in [-0.15, -0.1) is 24.0 Å². The minimum Gasteiger partial charge on any atom is -0.497 e. The third kappa shape index (κ3) is 7.38. The van der Waals surface area contributed by atoms with E-state index in [-0.39, 0.29) is 24.0 Å². The molecule has 1 saturated carbocycles. The van der Waals surface area contributed by atoms with Crippen molar-refractivity contribution in [1.29, 1.82) is 0 Å². The maximum absolute atomic E-state index is 6.27. The first-order valence-corrected chi connectivity index (χ1v) is 10.0. The molecule has 1 aliphatic rings. The lowest BCUT2D eigenvalue weighted by molar-refractivity contribution is 0.207. The number of aliphatic imine (C=N–C) groups is 1. The molecule has 0 atom stereocenters. The number of nitrogens with one attached hydrogen (secondary N) is 2. The number of pyridine rings is 1. The van der Waals surface area contributed by atoms with Gasteiger partial charge in [-0.2, -0.15) is 0 Å². The molecule has 1 aromatic heterocycles. The summed E-state index contributed by atoms with van der Waals surface area (Å²) in [5.74, 6) is 2.44. The lowest BCUT2D eigenvalue weighted by Gasteiger charge is -2.17. The number of benzene rings is 1. The predicted octanol–water partition coefficient (Wildman–Crippen LogP) is 4.28. The van der Waals surface area contributed by atoms with Crippen LogP contribution in [0.4, 0.5) is 0 Å². The van der Waals surface area contributed by atoms with Crippen LogP contribution in [0.1, 0.15) is 43.9 Å². The summed E-state index contributed by atoms with van der Waals surface area (Å²) in [7, 11) is 1.68. The summed E-state index contributed by atoms with van der Waals surface area (Å²) in [4.78, 5) is 9.08. The van der Waals surface area contributed by atoms with Crippen molar-refractivity contribution in [3.05, 3.63) is 53.9 Å². The standard InChI is InChI=1S/C22H30N4O2.HI/c1-3-23-22(26-16-18-8-6-7-13-24-18)25-15-17-11-12-20(27-2)14-21(17)28-19-9-4-5-10-19;/h6-8,11-14,19H,3-5,9-10,15-16H2,1-2H3,(H2,23,25,26);1H. The quantitative estimate of drug-likeness (QED) is 0.315. The second-order valence-electron chi connectivity index (χ2n) is 6.87. The van der Waals surface area contributed by atoms with E-state index >= 15 is 0 Å². The third-order valence-corrected chi connectivity index (χ3v) is 4.78. The molecule has 2 N–H and O–H groups in total. The number of halogens is 1. The Morgan fingerprint density at radius 1 is 1.17 bits per heavy atom. The van der Waals surface area contributed by atoms with Crippen LogP contribution in [-0.2, 0) is 13.1 Å². The first-order valence-electron chi connectivity index (χ1n) is 10.0. The van der Waals surface area contributed by atoms with Crippen molar-refractivity contribution in [2.45, 2.75) is 51.8 Å². The fourth-order valence-corrected chi connectivity index (χ4v) is 3.27. The molecule has 0 bridgehead atoms. The van der Waals surface area contributed by atoms with Crippen molar-refractivity contribution in [1.82, 2.24) is 15.6 Å². The van der Waals surface area contributed by atoms with Gasteiger partial charge in [-0.25, -0.2) is 4.99 Å². The monoisotopic (exact) mass is 510 g/mol. The lowest BCUT2D eigenvalue weighted by atomic mass is 10.2. The second kappa shape index (κ2) is 12.5. The van der Waals surface area contributed by atoms with Crippen LogP contribution in [0.25, 0.3) is 0 Å². The Kier molecular flexibility index (Phi) is 10.0. The largest absolute Gasteiger partial charge is 0.497 e. The van der Waals surface area contributed by atoms with Gasteiger partial charge in [0.25, 0.3) is 0 Å². The van der Waals surface area contributed by atoms with Crippen molar-refractivity contribution in [3.63, 3.8) is 0 Å². The molecule has 6 nitrogen and oxygen atoms in total. The van der Waals surface area contributed by atoms with Crippen LogP contribution >= 0.6 is 24.0 Å². The first kappa shape index (κ1) is 23.3. The molecule has 29 heavy (non-hydrogen) atoms. The molecule has 0 spiro atoms. The van der Waals surface area contributed by atoms with Crippen LogP contribution in [0.15, 0.2) is 47.6 Å². The van der Waals surface area contributed by atoms with E-state index in [2.05, 4.69) is 22.5 Å². The summed E-state index contributed by atoms with van der Waals surface area (Å²) < 4.78 is 11.6. The average molecular weight is 510 g/mol. The molecule has 0 radical (unpaired) electrons. The summed E-state index contributed by atoms with van der Waals surface area (Å²) in [5, 5.41) is 6.62. The first-order chi connectivity index (χ1) is 13.8. The number of methoxy groups -OCH3 is 1. The Morgan fingerprint density at radius 2 is 2.00 bits per heavy atom. The van der Waals surface area contributed by atoms with E-state index in [1.54, 1.807) is 13.3 Å². The van der Waals surface area contributed by atoms with Crippen LogP contribution in [0, 0.1) is 0 Å². The summed E-state index contributed by atoms with van der Waals surface area (Å²) in [6.07, 6.45) is 6.81. The molecule has 0 unspecified atom stereocenters. The van der Waals surface area contributed by atoms with Crippen LogP contribution in [0.2, 0.25) is 0 Å². The maximum atomic E-state index is 6.27. The van der Waals surface area contributed by atoms with E-state index in [0.29, 0.717) is 19.2 Å². The number of hydrogen-bond acceptors (Lipinski definition) is 4. The fourth-order valence-electron chi connectivity index (χ4n) is 3.27. The zero-order valence-electron chi connectivity index (χ0n) is 17.2. The molecule has 2 aromatic rings. The number of ether oxygens (including phenoxy) is 2. The molecule has 0 aliphatic heterocycles. The van der Waals surface area contributed by atoms with Gasteiger partial charge in [-0.1, -0.05) is 6.07 Å². The van der Waals surface area contributed by atoms with Crippen molar-refractivity contribution >= 4 is 29.9 Å². The minimum absolute atomic E-state index is 0. The van der Waals surface area contributed by atoms with Gasteiger partial charge >= 0.3 is 0 Å². The number of hydrogen-bond donors (Lipinski definition) is 2. The van der Waals surface area contributed by atoms with Crippen LogP contribution in [0.5, 0.6) is 11.5 Å². The van der Waals surface area contributed by atoms with Gasteiger partial charge in [0.05, 0.1) is 32.0 Å². The van der Waals surface area contributed by atoms with Crippen molar-refractivity contribution in [2.24, 2.45) is 4.99 Å². The molecule has 7 heteroatoms. The van der Waals surface area contributed by atoms with E-state index in [4.69, 9.17) is 14.5 Å². The fraction of sp³-hybridized carbons (Fsp3) is 0.455. The SMILES string of the molecule is CCNC(=NCc1ccc(OC)cc1OC1CCCC1)NCc1ccccn1.I. The molecule has 158 valence electrons. The van der Waals surface area contributed by atoms with E-state index < -0.39 is 0 Å². The highest BCUT2D eigenvalue weighted by atomic mass is 127. The number of rotatable bonds is 8. The Balaban J connectivity index is 0.00000300. The molecule has 0 saturated heterocycles. The minimum atomic E-state index is 0. The van der Waals surface area contributed by atoms with E-state index in [0.717, 1.165) is 48.1 Å². The third-order valence-electron chi connectivity index (χ3n) is 4.78. The Hall–Kier alpha value is -2.03. The molecule has 1 fully saturated rings. The lowest BCUT2D eigenvalue weighted by Crippen LogP contribution is -2.37. The van der Waals surface area contributed by atoms with Crippen LogP contribution < -0.4 is 20.1 Å². The van der Waals surface area contributed by atoms with Crippen molar-refractivity contribution in [2.75, 3.05) is 13.7 Å². The van der Waals surface area contributed by atoms with Gasteiger partial charge in [0.2, 0.25) is 0 Å². The van der Waals surface area contributed by atoms with Gasteiger partial charge in [-0.3, -0.25) is 4.98 Å². The summed E-state index contributed by atoms with van der Waals surface area (Å²) in [6, 6.07) is 11.9. The number of aromatic nitrogens is 1. The molecular formula is C22H31IN4O2. The molecule has 0 amide bonds. The normalized spacial score (nSPS) is 14.2. The topological polar surface area (TPSA) is 67.8 Å². The zero-order chi connectivity index (χ0) is 19.6. The molecule has 1 aliphatic carbocycles. The smallest absolute Gasteiger partial charge is 0.191 e. The second-order valence-corrected chi connectivity index (χ2v) is 6.87. The zero-order valence-corrected chi connectivity index (χ0v) is 19.5. The summed E-state index contributed by atoms with van der Waals surface area (Å²) >= 11 is 0. The number of guanidine groups is 1. The average Bonchev–Trinajstić information content (AvgIpc) is 3.24. The van der Waals surface area contributed by atoms with Gasteiger partial charge in [0.1, 0.15) is 11.5 Å². The highest BCUT2D eigenvalue weighted by Crippen LogP contribution is 2.30. The number of nitrogens with zero attached hydrogens (tertiary/aromatic N) is 2. The van der Waals surface area contributed by atoms with E-state index in [1.165, 1.54) is 12.8 Å². The predicted molar refractivity (Wildman–Crippen MR) is 127 cm³/mol. The Labute approximate surface area is 190 Å². The molecule has 1 heterocycles. The van der Waals surface area contributed by atoms with E-state index in [1.807, 2.05) is 36.4 Å². The van der Waals surface area contributed by atoms with Gasteiger partial charge in [0.15, 0.2) is 5.96 Å². The van der Waals surface area contributed by atoms with Crippen molar-refractivity contribution < 1.29 is 9.47 Å². The van der Waals surface area contributed by atoms with Crippen LogP contribution in [-0.4, -0.2) is 30.7 Å². The Bertz CT molecular complexity index is 765. The molecular weight excluding hydrogens is 479 g/mol. The highest BCUT2D eigenvalue weighted by molar-refractivity contribution is 14.0. The molecule has 3 rings (SSSR count). The van der Waals surface area contributed by atoms with Crippen molar-refractivity contribution in [3.8, 4) is 11.5 Å². The maximum Gasteiger partial charge on any atom is 0.191 e. The Morgan fingerprint density at radius 3 is 2.69 bits per heavy atom. The van der Waals surface area contributed by atoms with Gasteiger partial charge in [0, 0.05) is 24.4 Å². The van der Waals surface area contributed by atoms with Gasteiger partial charge < -0.3 is 20.1 Å². The highest BCUT2D eigenvalue weighted by Gasteiger charge is 2.18.